The molecule has 0 aliphatic carbocycles. The molecule has 1 aromatic carbocycles. The Labute approximate surface area is 147 Å². The second-order valence-corrected chi connectivity index (χ2v) is 8.03. The summed E-state index contributed by atoms with van der Waals surface area (Å²) in [6.45, 7) is 1.73. The third kappa shape index (κ3) is 8.13. The van der Waals surface area contributed by atoms with Crippen LogP contribution in [0, 0.1) is 0 Å². The Kier molecular flexibility index (Phi) is 7.60. The quantitative estimate of drug-likeness (QED) is 0.425. The average molecular weight is 375 g/mol. The fraction of sp³-hybridized carbons (Fsp3) is 0.625. The summed E-state index contributed by atoms with van der Waals surface area (Å²) < 4.78 is 38.2. The number of hydrogen-bond acceptors (Lipinski definition) is 8. The van der Waals surface area contributed by atoms with Crippen LogP contribution in [0.1, 0.15) is 0 Å². The maximum Gasteiger partial charge on any atom is 0.175 e. The predicted molar refractivity (Wildman–Crippen MR) is 91.4 cm³/mol. The van der Waals surface area contributed by atoms with E-state index < -0.39 is 22.0 Å². The van der Waals surface area contributed by atoms with E-state index in [1.807, 2.05) is 0 Å². The molecule has 0 radical (unpaired) electrons. The zero-order valence-corrected chi connectivity index (χ0v) is 14.9. The van der Waals surface area contributed by atoms with Crippen molar-refractivity contribution in [1.29, 1.82) is 0 Å². The third-order valence-corrected chi connectivity index (χ3v) is 4.59. The molecule has 0 spiro atoms. The van der Waals surface area contributed by atoms with Gasteiger partial charge in [0.15, 0.2) is 9.84 Å². The Morgan fingerprint density at radius 3 is 2.36 bits per heavy atom. The molecule has 0 aromatic heterocycles. The van der Waals surface area contributed by atoms with E-state index in [0.717, 1.165) is 6.26 Å². The van der Waals surface area contributed by atoms with Gasteiger partial charge in [0.25, 0.3) is 0 Å². The summed E-state index contributed by atoms with van der Waals surface area (Å²) in [5.74, 6) is 0. The highest BCUT2D eigenvalue weighted by Crippen LogP contribution is 2.13. The topological polar surface area (TPSA) is 118 Å². The molecule has 3 atom stereocenters. The van der Waals surface area contributed by atoms with Gasteiger partial charge in [-0.1, -0.05) is 0 Å². The van der Waals surface area contributed by atoms with Gasteiger partial charge in [0.1, 0.15) is 12.2 Å². The number of epoxide rings is 1. The number of ether oxygens (including phenoxy) is 3. The lowest BCUT2D eigenvalue weighted by Crippen LogP contribution is -2.29. The minimum Gasteiger partial charge on any atom is -0.389 e. The van der Waals surface area contributed by atoms with E-state index in [0.29, 0.717) is 18.9 Å². The van der Waals surface area contributed by atoms with Crippen molar-refractivity contribution in [3.05, 3.63) is 24.3 Å². The van der Waals surface area contributed by atoms with Gasteiger partial charge in [-0.25, -0.2) is 8.42 Å². The van der Waals surface area contributed by atoms with E-state index in [1.165, 1.54) is 12.1 Å². The molecule has 0 bridgehead atoms. The second-order valence-electron chi connectivity index (χ2n) is 6.02. The molecule has 0 amide bonds. The van der Waals surface area contributed by atoms with Crippen LogP contribution in [0.15, 0.2) is 29.2 Å². The fourth-order valence-electron chi connectivity index (χ4n) is 2.00. The molecule has 3 unspecified atom stereocenters. The minimum atomic E-state index is -3.22. The zero-order chi connectivity index (χ0) is 18.3. The van der Waals surface area contributed by atoms with Gasteiger partial charge in [-0.2, -0.15) is 0 Å². The van der Waals surface area contributed by atoms with Crippen molar-refractivity contribution in [3.63, 3.8) is 0 Å². The number of aliphatic hydroxyl groups is 2. The summed E-state index contributed by atoms with van der Waals surface area (Å²) in [5, 5.41) is 22.5. The lowest BCUT2D eigenvalue weighted by atomic mass is 10.3. The van der Waals surface area contributed by atoms with Crippen molar-refractivity contribution < 1.29 is 32.8 Å². The number of hydrogen-bond donors (Lipinski definition) is 3. The van der Waals surface area contributed by atoms with Gasteiger partial charge in [0.05, 0.1) is 44.0 Å². The smallest absolute Gasteiger partial charge is 0.175 e. The van der Waals surface area contributed by atoms with Crippen LogP contribution in [0.3, 0.4) is 0 Å². The van der Waals surface area contributed by atoms with Crippen molar-refractivity contribution in [2.24, 2.45) is 0 Å². The molecule has 142 valence electrons. The standard InChI is InChI=1S/C16H25NO7S/c1-25(20,21)16-4-2-12(3-5-16)17-6-13(18)7-22-8-14(19)9-23-10-15-11-24-15/h2-5,13-15,17-19H,6-11H2,1H3. The molecule has 1 aliphatic rings. The molecule has 1 saturated heterocycles. The first-order chi connectivity index (χ1) is 11.8. The fourth-order valence-corrected chi connectivity index (χ4v) is 2.63. The van der Waals surface area contributed by atoms with Gasteiger partial charge < -0.3 is 29.7 Å². The number of rotatable bonds is 12. The molecule has 8 nitrogen and oxygen atoms in total. The van der Waals surface area contributed by atoms with Crippen LogP contribution >= 0.6 is 0 Å². The summed E-state index contributed by atoms with van der Waals surface area (Å²) in [7, 11) is -3.22. The Hall–Kier alpha value is -1.23. The van der Waals surface area contributed by atoms with E-state index in [2.05, 4.69) is 5.32 Å². The van der Waals surface area contributed by atoms with Gasteiger partial charge in [-0.15, -0.1) is 0 Å². The number of aliphatic hydroxyl groups excluding tert-OH is 2. The van der Waals surface area contributed by atoms with Crippen molar-refractivity contribution in [1.82, 2.24) is 0 Å². The van der Waals surface area contributed by atoms with Crippen LogP contribution in [0.5, 0.6) is 0 Å². The van der Waals surface area contributed by atoms with Gasteiger partial charge in [-0.3, -0.25) is 0 Å². The van der Waals surface area contributed by atoms with E-state index in [-0.39, 0.29) is 37.4 Å². The number of sulfone groups is 1. The van der Waals surface area contributed by atoms with Crippen molar-refractivity contribution in [3.8, 4) is 0 Å². The van der Waals surface area contributed by atoms with Crippen LogP contribution in [0.4, 0.5) is 5.69 Å². The normalized spacial score (nSPS) is 19.4. The van der Waals surface area contributed by atoms with Gasteiger partial charge in [0.2, 0.25) is 0 Å². The van der Waals surface area contributed by atoms with E-state index >= 15 is 0 Å². The van der Waals surface area contributed by atoms with Crippen LogP contribution < -0.4 is 5.32 Å². The van der Waals surface area contributed by atoms with Crippen LogP contribution in [-0.2, 0) is 24.0 Å². The Bertz CT molecular complexity index is 616. The number of nitrogens with one attached hydrogen (secondary N) is 1. The molecular weight excluding hydrogens is 350 g/mol. The second kappa shape index (κ2) is 9.46. The molecule has 1 heterocycles. The van der Waals surface area contributed by atoms with E-state index in [9.17, 15) is 18.6 Å². The lowest BCUT2D eigenvalue weighted by Gasteiger charge is -2.15. The molecule has 0 saturated carbocycles. The molecule has 1 aromatic rings. The van der Waals surface area contributed by atoms with Crippen LogP contribution in [-0.4, -0.2) is 82.8 Å². The maximum absolute atomic E-state index is 11.4. The van der Waals surface area contributed by atoms with Gasteiger partial charge >= 0.3 is 0 Å². The Morgan fingerprint density at radius 2 is 1.76 bits per heavy atom. The summed E-state index contributed by atoms with van der Waals surface area (Å²) in [4.78, 5) is 0.242. The van der Waals surface area contributed by atoms with E-state index in [4.69, 9.17) is 14.2 Å². The van der Waals surface area contributed by atoms with Crippen LogP contribution in [0.2, 0.25) is 0 Å². The SMILES string of the molecule is CS(=O)(=O)c1ccc(NCC(O)COCC(O)COCC2CO2)cc1. The van der Waals surface area contributed by atoms with Gasteiger partial charge in [-0.05, 0) is 24.3 Å². The Balaban J connectivity index is 1.57. The third-order valence-electron chi connectivity index (χ3n) is 3.46. The first-order valence-corrected chi connectivity index (χ1v) is 9.91. The summed E-state index contributed by atoms with van der Waals surface area (Å²) in [6.07, 6.45) is -0.201. The molecule has 9 heteroatoms. The highest BCUT2D eigenvalue weighted by Gasteiger charge is 2.22. The van der Waals surface area contributed by atoms with Crippen molar-refractivity contribution >= 4 is 15.5 Å². The number of anilines is 1. The largest absolute Gasteiger partial charge is 0.389 e. The lowest BCUT2D eigenvalue weighted by molar-refractivity contribution is -0.0388. The molecule has 2 rings (SSSR count). The first kappa shape index (κ1) is 20.1. The summed E-state index contributed by atoms with van der Waals surface area (Å²) in [6, 6.07) is 6.27. The van der Waals surface area contributed by atoms with Crippen molar-refractivity contribution in [2.45, 2.75) is 23.2 Å². The highest BCUT2D eigenvalue weighted by molar-refractivity contribution is 7.90. The molecule has 3 N–H and O–H groups in total. The maximum atomic E-state index is 11.4. The van der Waals surface area contributed by atoms with Gasteiger partial charge in [0, 0.05) is 18.5 Å². The van der Waals surface area contributed by atoms with E-state index in [1.54, 1.807) is 12.1 Å². The first-order valence-electron chi connectivity index (χ1n) is 8.02. The average Bonchev–Trinajstić information content (AvgIpc) is 3.37. The molecule has 25 heavy (non-hydrogen) atoms. The zero-order valence-electron chi connectivity index (χ0n) is 14.1. The molecule has 1 aliphatic heterocycles. The monoisotopic (exact) mass is 375 g/mol. The summed E-state index contributed by atoms with van der Waals surface area (Å²) in [5.41, 5.74) is 0.696. The molecular formula is C16H25NO7S. The summed E-state index contributed by atoms with van der Waals surface area (Å²) >= 11 is 0. The molecule has 1 fully saturated rings. The Morgan fingerprint density at radius 1 is 1.16 bits per heavy atom. The van der Waals surface area contributed by atoms with Crippen LogP contribution in [0.25, 0.3) is 0 Å². The predicted octanol–water partition coefficient (Wildman–Crippen LogP) is -0.344. The number of benzene rings is 1. The minimum absolute atomic E-state index is 0.0667. The van der Waals surface area contributed by atoms with Crippen molar-refractivity contribution in [2.75, 3.05) is 51.2 Å². The highest BCUT2D eigenvalue weighted by atomic mass is 32.2.